The van der Waals surface area contributed by atoms with E-state index in [0.717, 1.165) is 107 Å². The Morgan fingerprint density at radius 1 is 0.340 bits per heavy atom. The fourth-order valence-electron chi connectivity index (χ4n) is 12.1. The molecule has 0 fully saturated rings. The second-order valence-corrected chi connectivity index (χ2v) is 23.4. The number of ether oxygens (including phenoxy) is 1. The van der Waals surface area contributed by atoms with Crippen LogP contribution in [-0.4, -0.2) is 71.6 Å². The number of carboxylic acid groups (broad SMARTS) is 1. The summed E-state index contributed by atoms with van der Waals surface area (Å²) in [6.07, 6.45) is 8.85. The number of aromatic nitrogens is 9. The van der Waals surface area contributed by atoms with E-state index in [2.05, 4.69) is 229 Å². The third-order valence-electron chi connectivity index (χ3n) is 16.2. The summed E-state index contributed by atoms with van der Waals surface area (Å²) in [5.41, 5.74) is 13.5. The van der Waals surface area contributed by atoms with E-state index in [1.165, 1.54) is 61.5 Å². The van der Waals surface area contributed by atoms with Crippen LogP contribution in [-0.2, 0) is 0 Å². The number of rotatable bonds is 7. The number of benzene rings is 8. The zero-order valence-corrected chi connectivity index (χ0v) is 53.6. The first-order valence-electron chi connectivity index (χ1n) is 30.4. The van der Waals surface area contributed by atoms with Crippen LogP contribution in [0.15, 0.2) is 272 Å². The summed E-state index contributed by atoms with van der Waals surface area (Å²) in [6.45, 7) is 8.33. The van der Waals surface area contributed by atoms with Crippen LogP contribution in [0.4, 0.5) is 0 Å². The Morgan fingerprint density at radius 2 is 0.660 bits per heavy atom. The van der Waals surface area contributed by atoms with Gasteiger partial charge >= 0.3 is 5.97 Å². The van der Waals surface area contributed by atoms with Gasteiger partial charge in [0.15, 0.2) is 0 Å². The van der Waals surface area contributed by atoms with Crippen molar-refractivity contribution in [3.63, 3.8) is 0 Å². The van der Waals surface area contributed by atoms with Crippen LogP contribution in [0.2, 0.25) is 0 Å². The average molecular weight is 1300 g/mol. The quantitative estimate of drug-likeness (QED) is 0.139. The molecule has 0 atom stereocenters. The van der Waals surface area contributed by atoms with Gasteiger partial charge in [-0.2, -0.15) is 0 Å². The molecule has 460 valence electrons. The third-order valence-corrected chi connectivity index (χ3v) is 16.7. The van der Waals surface area contributed by atoms with Crippen LogP contribution in [0.5, 0.6) is 17.2 Å². The zero-order chi connectivity index (χ0) is 65.0. The number of fused-ring (bicyclic) bond motifs is 12. The largest absolute Gasteiger partial charge is 0.508 e. The fourth-order valence-corrected chi connectivity index (χ4v) is 12.5. The molecule has 0 bridgehead atoms. The number of carbonyl (C=O) groups is 1. The number of aromatic hydroxyl groups is 1. The van der Waals surface area contributed by atoms with Crippen LogP contribution < -0.4 is 4.74 Å². The van der Waals surface area contributed by atoms with Crippen molar-refractivity contribution in [2.75, 3.05) is 7.11 Å². The maximum atomic E-state index is 10.1. The first-order valence-corrected chi connectivity index (χ1v) is 31.2. The summed E-state index contributed by atoms with van der Waals surface area (Å²) in [7, 11) is 1.00. The number of nitrogens with zero attached hydrogens (tertiary/aromatic N) is 9. The molecule has 0 aliphatic carbocycles. The molecule has 0 saturated heterocycles. The van der Waals surface area contributed by atoms with E-state index < -0.39 is 5.97 Å². The van der Waals surface area contributed by atoms with Crippen molar-refractivity contribution in [3.8, 4) is 40.5 Å². The molecule has 17 aromatic rings. The highest BCUT2D eigenvalue weighted by molar-refractivity contribution is 9.10. The number of aromatic carboxylic acids is 1. The van der Waals surface area contributed by atoms with E-state index in [-0.39, 0.29) is 11.4 Å². The lowest BCUT2D eigenvalue weighted by Crippen LogP contribution is -1.98. The molecule has 3 N–H and O–H groups in total. The summed E-state index contributed by atoms with van der Waals surface area (Å²) >= 11 is 3.58. The second kappa shape index (κ2) is 26.6. The summed E-state index contributed by atoms with van der Waals surface area (Å²) < 4.78 is 16.4. The van der Waals surface area contributed by atoms with Gasteiger partial charge in [-0.3, -0.25) is 18.3 Å². The number of carboxylic acids is 1. The molecule has 0 saturated carbocycles. The van der Waals surface area contributed by atoms with Crippen LogP contribution >= 0.6 is 15.9 Å². The number of aryl methyl sites for hydroxylation is 4. The lowest BCUT2D eigenvalue weighted by atomic mass is 10.1. The van der Waals surface area contributed by atoms with Crippen LogP contribution in [0.3, 0.4) is 0 Å². The van der Waals surface area contributed by atoms with Crippen molar-refractivity contribution in [1.29, 1.82) is 0 Å². The van der Waals surface area contributed by atoms with Gasteiger partial charge in [0.25, 0.3) is 0 Å². The lowest BCUT2D eigenvalue weighted by molar-refractivity contribution is 0.0690. The van der Waals surface area contributed by atoms with Crippen molar-refractivity contribution >= 4 is 109 Å². The van der Waals surface area contributed by atoms with Crippen LogP contribution in [0, 0.1) is 27.7 Å². The number of para-hydroxylation sites is 4. The lowest BCUT2D eigenvalue weighted by Gasteiger charge is -2.11. The number of hydrogen-bond donors (Lipinski definition) is 3. The smallest absolute Gasteiger partial charge is 0.354 e. The van der Waals surface area contributed by atoms with Crippen LogP contribution in [0.25, 0.3) is 110 Å². The Morgan fingerprint density at radius 3 is 1.00 bits per heavy atom. The molecule has 9 heterocycles. The number of phenols is 1. The van der Waals surface area contributed by atoms with Gasteiger partial charge in [-0.1, -0.05) is 101 Å². The minimum atomic E-state index is -0.990. The highest BCUT2D eigenvalue weighted by Crippen LogP contribution is 2.39. The SMILES string of the molecule is CO.Cc1ccnc(-n2c3ccccc3c3ccc(Br)cc32)c1.Cc1ccnc(-n2c3ccccc3c3ccc(O)cc32)c1.Cc1ccnc(-n2c3ccccc3c3ccc(Oc4ccc5c6ccccc6n(-c6cc(C)ccn6)c5c4)cc32)c1.O=C(O)c1ccccn1. The van der Waals surface area contributed by atoms with Gasteiger partial charge in [-0.05, 0) is 183 Å². The molecule has 0 spiro atoms. The molecule has 0 aliphatic rings. The highest BCUT2D eigenvalue weighted by atomic mass is 79.9. The predicted octanol–water partition coefficient (Wildman–Crippen LogP) is 18.9. The van der Waals surface area contributed by atoms with Gasteiger partial charge in [0.1, 0.15) is 46.2 Å². The molecule has 9 aromatic heterocycles. The van der Waals surface area contributed by atoms with Crippen LogP contribution in [0.1, 0.15) is 32.7 Å². The van der Waals surface area contributed by atoms with Crippen molar-refractivity contribution in [2.45, 2.75) is 27.7 Å². The molecule has 0 amide bonds. The first-order chi connectivity index (χ1) is 45.9. The summed E-state index contributed by atoms with van der Waals surface area (Å²) in [5, 5.41) is 34.7. The molecule has 0 radical (unpaired) electrons. The third kappa shape index (κ3) is 12.1. The first kappa shape index (κ1) is 61.1. The predicted molar refractivity (Wildman–Crippen MR) is 382 cm³/mol. The monoisotopic (exact) mass is 1300 g/mol. The summed E-state index contributed by atoms with van der Waals surface area (Å²) in [4.78, 5) is 32.2. The van der Waals surface area contributed by atoms with E-state index in [0.29, 0.717) is 0 Å². The number of aliphatic hydroxyl groups excluding tert-OH is 1. The molecular formula is C79H62BrN9O5. The van der Waals surface area contributed by atoms with Gasteiger partial charge < -0.3 is 20.1 Å². The van der Waals surface area contributed by atoms with E-state index in [9.17, 15) is 9.90 Å². The second-order valence-electron chi connectivity index (χ2n) is 22.5. The molecule has 15 heteroatoms. The Hall–Kier alpha value is -11.8. The molecular weight excluding hydrogens is 1230 g/mol. The number of hydrogen-bond acceptors (Lipinski definition) is 9. The topological polar surface area (TPSA) is 171 Å². The van der Waals surface area contributed by atoms with E-state index in [4.69, 9.17) is 24.9 Å². The maximum Gasteiger partial charge on any atom is 0.354 e. The number of phenolic OH excluding ortho intramolecular Hbond substituents is 1. The van der Waals surface area contributed by atoms with Gasteiger partial charge in [-0.15, -0.1) is 0 Å². The minimum Gasteiger partial charge on any atom is -0.508 e. The van der Waals surface area contributed by atoms with Gasteiger partial charge in [0.05, 0.1) is 44.1 Å². The van der Waals surface area contributed by atoms with Crippen molar-refractivity contribution < 1.29 is 24.9 Å². The molecule has 14 nitrogen and oxygen atoms in total. The Bertz CT molecular complexity index is 5340. The van der Waals surface area contributed by atoms with E-state index >= 15 is 0 Å². The Labute approximate surface area is 549 Å². The minimum absolute atomic E-state index is 0.0810. The maximum absolute atomic E-state index is 10.1. The zero-order valence-electron chi connectivity index (χ0n) is 52.0. The summed E-state index contributed by atoms with van der Waals surface area (Å²) in [5.74, 6) is 4.42. The standard InChI is InChI=1S/C36H26N4O.C18H13BrN2.C18H14N2O.C6H5NO2.CH4O/c1-23-15-17-37-35(19-23)39-31-9-5-3-7-27(31)29-13-11-25(21-33(29)39)41-26-12-14-30-28-8-4-6-10-32(28)40(34(30)22-26)36-20-24(2)16-18-38-36;1-12-8-9-20-18(10-12)21-16-5-3-2-4-14(16)15-7-6-13(19)11-17(15)21;1-12-8-9-19-18(10-12)20-16-5-3-2-4-14(16)15-7-6-13(21)11-17(15)20;8-6(9)5-3-1-2-4-7-5;1-2/h3-22H,1-2H3;2-11H,1H3;2-11,21H,1H3;1-4H,(H,8,9);2H,1H3. The van der Waals surface area contributed by atoms with Gasteiger partial charge in [0.2, 0.25) is 0 Å². The van der Waals surface area contributed by atoms with Crippen molar-refractivity contribution in [3.05, 3.63) is 300 Å². The molecule has 0 unspecified atom stereocenters. The molecule has 94 heavy (non-hydrogen) atoms. The number of pyridine rings is 5. The molecule has 8 aromatic carbocycles. The van der Waals surface area contributed by atoms with Gasteiger partial charge in [-0.25, -0.2) is 29.7 Å². The molecule has 17 rings (SSSR count). The Balaban J connectivity index is 0.000000127. The fraction of sp³-hybridized carbons (Fsp3) is 0.0633. The van der Waals surface area contributed by atoms with E-state index in [1.54, 1.807) is 24.3 Å². The van der Waals surface area contributed by atoms with Crippen molar-refractivity contribution in [1.82, 2.24) is 43.2 Å². The normalized spacial score (nSPS) is 11.1. The summed E-state index contributed by atoms with van der Waals surface area (Å²) in [6, 6.07) is 79.3. The van der Waals surface area contributed by atoms with Crippen molar-refractivity contribution in [2.24, 2.45) is 0 Å². The number of aliphatic hydroxyl groups is 1. The average Bonchev–Trinajstić information content (AvgIpc) is 1.63. The highest BCUT2D eigenvalue weighted by Gasteiger charge is 2.19. The molecule has 0 aliphatic heterocycles. The Kier molecular flexibility index (Phi) is 17.3. The number of halogens is 1. The van der Waals surface area contributed by atoms with E-state index in [1.807, 2.05) is 79.4 Å². The van der Waals surface area contributed by atoms with Gasteiger partial charge in [0, 0.05) is 104 Å².